The van der Waals surface area contributed by atoms with Crippen molar-refractivity contribution < 1.29 is 0 Å². The minimum absolute atomic E-state index is 0.144. The van der Waals surface area contributed by atoms with Gasteiger partial charge in [0.2, 0.25) is 0 Å². The summed E-state index contributed by atoms with van der Waals surface area (Å²) in [6, 6.07) is 18.7. The largest absolute Gasteiger partial charge is 0.378 e. The molecule has 3 heterocycles. The van der Waals surface area contributed by atoms with Gasteiger partial charge in [-0.2, -0.15) is 0 Å². The zero-order valence-electron chi connectivity index (χ0n) is 45.9. The highest BCUT2D eigenvalue weighted by atomic mass is 32.1. The fourth-order valence-corrected chi connectivity index (χ4v) is 29.8. The molecule has 1 saturated heterocycles. The summed E-state index contributed by atoms with van der Waals surface area (Å²) in [5.41, 5.74) is 8.91. The highest BCUT2D eigenvalue weighted by Gasteiger charge is 2.76. The Morgan fingerprint density at radius 3 is 0.862 bits per heavy atom. The van der Waals surface area contributed by atoms with Gasteiger partial charge < -0.3 is 4.90 Å². The maximum absolute atomic E-state index is 2.98. The predicted molar refractivity (Wildman–Crippen MR) is 377 cm³/mol. The molecule has 378 valence electrons. The first-order chi connectivity index (χ1) is 43.1. The first-order valence-electron chi connectivity index (χ1n) is 31.9. The number of nitrogens with zero attached hydrogens (tertiary/aromatic N) is 2. The molecule has 1 aliphatic heterocycles. The van der Waals surface area contributed by atoms with E-state index in [0.717, 1.165) is 6.54 Å². The van der Waals surface area contributed by atoms with Crippen LogP contribution >= 0.6 is 22.7 Å². The van der Waals surface area contributed by atoms with Gasteiger partial charge in [-0.15, -0.1) is 22.7 Å². The molecule has 0 radical (unpaired) electrons. The van der Waals surface area contributed by atoms with Gasteiger partial charge >= 0.3 is 0 Å². The highest BCUT2D eigenvalue weighted by molar-refractivity contribution is 7.14. The molecule has 5 aliphatic rings. The SMILES string of the molecule is CN(C)c1ccc(/C=C/c2ccc(/C=C/c3ccc(C4N(C)CC56c7c8c9c%10c%11c%12c(c%13c%14c5c5c7c7c%15c8c8c9c9c%11c%11c%16c%12c%12c%13c%13c%14c%14c5c5c7c7c%15c%15c8c8c9c%11c9c%11c%16c%12c%12c%13c%13c%14c5c5c7c7c%15c8c9c8c%11c%12c%13c5c78)C%1046)s3)s2)cc1. The Balaban J connectivity index is 0.810. The van der Waals surface area contributed by atoms with Crippen molar-refractivity contribution in [1.82, 2.24) is 4.90 Å². The third-order valence-corrected chi connectivity index (χ3v) is 30.8. The molecule has 4 aliphatic carbocycles. The van der Waals surface area contributed by atoms with Crippen molar-refractivity contribution in [2.45, 2.75) is 16.9 Å². The summed E-state index contributed by atoms with van der Waals surface area (Å²) < 4.78 is 0. The van der Waals surface area contributed by atoms with Crippen LogP contribution in [0.15, 0.2) is 48.5 Å². The second-order valence-corrected chi connectivity index (χ2v) is 32.7. The van der Waals surface area contributed by atoms with Crippen LogP contribution in [0.5, 0.6) is 0 Å². The molecule has 36 rings (SSSR count). The normalized spacial score (nSPS) is 21.8. The molecule has 0 amide bonds. The molecule has 0 N–H and O–H groups in total. The van der Waals surface area contributed by atoms with Crippen molar-refractivity contribution in [3.05, 3.63) is 95.9 Å². The summed E-state index contributed by atoms with van der Waals surface area (Å²) >= 11 is 3.99. The van der Waals surface area contributed by atoms with Crippen LogP contribution in [0, 0.1) is 0 Å². The minimum Gasteiger partial charge on any atom is -0.378 e. The van der Waals surface area contributed by atoms with Gasteiger partial charge in [-0.3, -0.25) is 4.90 Å². The van der Waals surface area contributed by atoms with Crippen LogP contribution in [0.2, 0.25) is 0 Å². The Kier molecular flexibility index (Phi) is 3.79. The van der Waals surface area contributed by atoms with Crippen molar-refractivity contribution in [3.8, 4) is 0 Å². The topological polar surface area (TPSA) is 6.48 Å². The van der Waals surface area contributed by atoms with E-state index in [1.165, 1.54) is 25.9 Å². The van der Waals surface area contributed by atoms with E-state index in [-0.39, 0.29) is 16.9 Å². The monoisotopic (exact) mass is 1110 g/mol. The van der Waals surface area contributed by atoms with Crippen LogP contribution in [0.3, 0.4) is 0 Å². The molecule has 2 aromatic heterocycles. The molecule has 31 aromatic rings. The third-order valence-electron chi connectivity index (χ3n) is 28.7. The van der Waals surface area contributed by atoms with E-state index in [9.17, 15) is 0 Å². The van der Waals surface area contributed by atoms with Gasteiger partial charge in [0.05, 0.1) is 16.9 Å². The van der Waals surface area contributed by atoms with Gasteiger partial charge in [0.15, 0.2) is 0 Å². The lowest BCUT2D eigenvalue weighted by atomic mass is 9.48. The van der Waals surface area contributed by atoms with E-state index < -0.39 is 0 Å². The van der Waals surface area contributed by atoms with Crippen LogP contribution in [0.4, 0.5) is 5.69 Å². The zero-order chi connectivity index (χ0) is 53.3. The summed E-state index contributed by atoms with van der Waals surface area (Å²) in [6.45, 7) is 1.03. The molecule has 2 spiro atoms. The Labute approximate surface area is 490 Å². The third kappa shape index (κ3) is 2.34. The summed E-state index contributed by atoms with van der Waals surface area (Å²) in [4.78, 5) is 10.6. The Morgan fingerprint density at radius 2 is 0.563 bits per heavy atom. The minimum atomic E-state index is -0.347. The number of thiophene rings is 2. The number of benzene rings is 19. The number of likely N-dealkylation sites (tertiary alicyclic amines) is 1. The molecule has 4 heteroatoms. The molecule has 87 heavy (non-hydrogen) atoms. The Bertz CT molecular complexity index is 8270. The van der Waals surface area contributed by atoms with Gasteiger partial charge in [-0.25, -0.2) is 0 Å². The number of anilines is 1. The van der Waals surface area contributed by atoms with E-state index in [1.807, 2.05) is 11.3 Å². The fraction of sp³-hybridized carbons (Fsp3) is 0.0843. The molecule has 0 saturated carbocycles. The van der Waals surface area contributed by atoms with Gasteiger partial charge in [-0.1, -0.05) is 18.2 Å². The molecule has 1 unspecified atom stereocenters. The average molecular weight is 1110 g/mol. The van der Waals surface area contributed by atoms with Crippen molar-refractivity contribution in [2.75, 3.05) is 32.6 Å². The summed E-state index contributed by atoms with van der Waals surface area (Å²) in [6.07, 6.45) is 9.39. The lowest BCUT2D eigenvalue weighted by Crippen LogP contribution is -2.51. The van der Waals surface area contributed by atoms with E-state index >= 15 is 0 Å². The number of likely N-dealkylation sites (N-methyl/N-ethyl adjacent to an activating group) is 1. The lowest BCUT2D eigenvalue weighted by molar-refractivity contribution is 0.276. The van der Waals surface area contributed by atoms with Crippen molar-refractivity contribution >= 4 is 344 Å². The second-order valence-electron chi connectivity index (χ2n) is 30.4. The van der Waals surface area contributed by atoms with Crippen LogP contribution in [-0.4, -0.2) is 32.6 Å². The van der Waals surface area contributed by atoms with Crippen LogP contribution in [0.1, 0.15) is 53.4 Å². The molecular weight excluding hydrogens is 1090 g/mol. The van der Waals surface area contributed by atoms with Gasteiger partial charge in [-0.05, 0) is 380 Å². The fourth-order valence-electron chi connectivity index (χ4n) is 27.9. The first kappa shape index (κ1) is 36.3. The number of hydrogen-bond donors (Lipinski definition) is 0. The number of hydrogen-bond acceptors (Lipinski definition) is 4. The van der Waals surface area contributed by atoms with E-state index in [0.29, 0.717) is 0 Å². The van der Waals surface area contributed by atoms with E-state index in [4.69, 9.17) is 0 Å². The zero-order valence-corrected chi connectivity index (χ0v) is 47.6. The van der Waals surface area contributed by atoms with Gasteiger partial charge in [0, 0.05) is 45.8 Å². The molecule has 29 aromatic carbocycles. The standard InChI is InChI=1S/C83H24N2S2/c1-84(2)18-7-4-17(5-8-18)6-9-19-10-11-20(86-19)12-13-21-14-15-22(87-21)81-83-79-73-67-57-45-37-29-25-23-24-27-31(29)39(45)49-43-35(27)36-28(24)32-30-26(23)34-33(25)41-47(37)55-61-51(41)52-42(34)48-38(30)46-40(32)50-44(36)54-53(43)65(59(49)67)75(79)76-66(54)60(50)68-58(46)64-56(48)62(52)70-69(61)77(71(73)63(55)57)82(83,16-85(81)3)78(70)72(64)74(68)80(76)83/h4-15,81H,16H2,1-3H3/b9-6+,13-12+. The quantitative estimate of drug-likeness (QED) is 0.153. The average Bonchev–Trinajstić information content (AvgIpc) is 1.38. The maximum atomic E-state index is 2.98. The van der Waals surface area contributed by atoms with Gasteiger partial charge in [0.1, 0.15) is 0 Å². The van der Waals surface area contributed by atoms with E-state index in [2.05, 4.69) is 115 Å². The first-order valence-corrected chi connectivity index (χ1v) is 33.5. The van der Waals surface area contributed by atoms with Crippen LogP contribution in [0.25, 0.3) is 315 Å². The molecular formula is C83H24N2S2. The summed E-state index contributed by atoms with van der Waals surface area (Å²) in [7, 11) is 6.81. The smallest absolute Gasteiger partial charge is 0.0590 e. The van der Waals surface area contributed by atoms with Crippen molar-refractivity contribution in [3.63, 3.8) is 0 Å². The van der Waals surface area contributed by atoms with Crippen molar-refractivity contribution in [2.24, 2.45) is 0 Å². The van der Waals surface area contributed by atoms with Crippen molar-refractivity contribution in [1.29, 1.82) is 0 Å². The Morgan fingerprint density at radius 1 is 0.310 bits per heavy atom. The molecule has 2 nitrogen and oxygen atoms in total. The predicted octanol–water partition coefficient (Wildman–Crippen LogP) is 22.5. The summed E-state index contributed by atoms with van der Waals surface area (Å²) in [5, 5.41) is 90.2. The highest BCUT2D eigenvalue weighted by Crippen LogP contribution is 2.87. The maximum Gasteiger partial charge on any atom is 0.0590 e. The number of rotatable bonds is 6. The molecule has 0 bridgehead atoms. The summed E-state index contributed by atoms with van der Waals surface area (Å²) in [5.74, 6) is 0. The second kappa shape index (κ2) is 9.08. The lowest BCUT2D eigenvalue weighted by Gasteiger charge is -2.52. The van der Waals surface area contributed by atoms with Gasteiger partial charge in [0.25, 0.3) is 0 Å². The molecule has 1 atom stereocenters. The van der Waals surface area contributed by atoms with E-state index in [1.54, 1.807) is 318 Å². The van der Waals surface area contributed by atoms with Crippen LogP contribution < -0.4 is 4.90 Å². The Hall–Kier alpha value is -9.68. The molecule has 1 fully saturated rings. The van der Waals surface area contributed by atoms with Crippen LogP contribution in [-0.2, 0) is 10.8 Å².